The second kappa shape index (κ2) is 4.55. The van der Waals surface area contributed by atoms with E-state index < -0.39 is 0 Å². The van der Waals surface area contributed by atoms with Gasteiger partial charge in [0.15, 0.2) is 5.82 Å². The van der Waals surface area contributed by atoms with E-state index in [2.05, 4.69) is 33.7 Å². The minimum absolute atomic E-state index is 0.728. The van der Waals surface area contributed by atoms with Gasteiger partial charge in [-0.15, -0.1) is 11.3 Å². The Hall–Kier alpha value is -1.26. The maximum absolute atomic E-state index is 4.57. The summed E-state index contributed by atoms with van der Waals surface area (Å²) in [4.78, 5) is 10.1. The molecule has 1 aliphatic carbocycles. The van der Waals surface area contributed by atoms with E-state index in [1.54, 1.807) is 11.3 Å². The lowest BCUT2D eigenvalue weighted by Crippen LogP contribution is -2.16. The summed E-state index contributed by atoms with van der Waals surface area (Å²) in [6.07, 6.45) is 4.58. The Kier molecular flexibility index (Phi) is 2.91. The quantitative estimate of drug-likeness (QED) is 0.900. The Morgan fingerprint density at radius 1 is 1.47 bits per heavy atom. The topological polar surface area (TPSA) is 37.8 Å². The maximum Gasteiger partial charge on any atom is 0.169 e. The van der Waals surface area contributed by atoms with E-state index in [1.165, 1.54) is 18.4 Å². The molecule has 2 aromatic heterocycles. The molecule has 0 aliphatic heterocycles. The molecule has 0 saturated heterocycles. The molecule has 2 aromatic rings. The van der Waals surface area contributed by atoms with Gasteiger partial charge in [-0.2, -0.15) is 0 Å². The minimum Gasteiger partial charge on any atom is -0.310 e. The molecule has 0 atom stereocenters. The molecule has 3 rings (SSSR count). The molecule has 1 N–H and O–H groups in total. The monoisotopic (exact) mass is 245 g/mol. The molecule has 0 amide bonds. The van der Waals surface area contributed by atoms with Crippen LogP contribution in [0.3, 0.4) is 0 Å². The molecule has 17 heavy (non-hydrogen) atoms. The molecule has 0 unspecified atom stereocenters. The van der Waals surface area contributed by atoms with Gasteiger partial charge in [0.05, 0.1) is 4.88 Å². The van der Waals surface area contributed by atoms with Gasteiger partial charge in [-0.05, 0) is 31.2 Å². The molecular weight excluding hydrogens is 230 g/mol. The third kappa shape index (κ3) is 2.53. The SMILES string of the molecule is Cc1nc(-c2cccs2)ncc1CNC1CC1. The molecule has 3 nitrogen and oxygen atoms in total. The lowest BCUT2D eigenvalue weighted by Gasteiger charge is -2.06. The van der Waals surface area contributed by atoms with Crippen LogP contribution in [-0.2, 0) is 6.54 Å². The van der Waals surface area contributed by atoms with Crippen LogP contribution in [0.2, 0.25) is 0 Å². The first-order valence-corrected chi connectivity index (χ1v) is 6.80. The van der Waals surface area contributed by atoms with Crippen molar-refractivity contribution in [2.24, 2.45) is 0 Å². The fraction of sp³-hybridized carbons (Fsp3) is 0.385. The van der Waals surface area contributed by atoms with Crippen molar-refractivity contribution in [2.75, 3.05) is 0 Å². The highest BCUT2D eigenvalue weighted by Gasteiger charge is 2.20. The fourth-order valence-corrected chi connectivity index (χ4v) is 2.40. The van der Waals surface area contributed by atoms with Crippen LogP contribution in [0.15, 0.2) is 23.7 Å². The Bertz CT molecular complexity index is 503. The summed E-state index contributed by atoms with van der Waals surface area (Å²) in [5, 5.41) is 5.54. The number of aromatic nitrogens is 2. The van der Waals surface area contributed by atoms with Gasteiger partial charge in [0.2, 0.25) is 0 Å². The van der Waals surface area contributed by atoms with Gasteiger partial charge in [-0.25, -0.2) is 9.97 Å². The molecule has 0 aromatic carbocycles. The van der Waals surface area contributed by atoms with E-state index in [9.17, 15) is 0 Å². The molecule has 0 spiro atoms. The van der Waals surface area contributed by atoms with Crippen LogP contribution in [0.1, 0.15) is 24.1 Å². The predicted octanol–water partition coefficient (Wildman–Crippen LogP) is 2.77. The zero-order valence-corrected chi connectivity index (χ0v) is 10.6. The van der Waals surface area contributed by atoms with E-state index in [1.807, 2.05) is 12.3 Å². The van der Waals surface area contributed by atoms with Crippen molar-refractivity contribution < 1.29 is 0 Å². The summed E-state index contributed by atoms with van der Waals surface area (Å²) in [5.41, 5.74) is 2.29. The van der Waals surface area contributed by atoms with E-state index in [0.29, 0.717) is 0 Å². The van der Waals surface area contributed by atoms with Gasteiger partial charge in [-0.3, -0.25) is 0 Å². The first kappa shape index (κ1) is 10.9. The van der Waals surface area contributed by atoms with Crippen LogP contribution in [-0.4, -0.2) is 16.0 Å². The predicted molar refractivity (Wildman–Crippen MR) is 69.9 cm³/mol. The maximum atomic E-state index is 4.57. The third-order valence-electron chi connectivity index (χ3n) is 2.98. The van der Waals surface area contributed by atoms with E-state index >= 15 is 0 Å². The number of nitrogens with zero attached hydrogens (tertiary/aromatic N) is 2. The molecule has 4 heteroatoms. The van der Waals surface area contributed by atoms with Crippen LogP contribution in [0, 0.1) is 6.92 Å². The second-order valence-corrected chi connectivity index (χ2v) is 5.38. The number of thiophene rings is 1. The smallest absolute Gasteiger partial charge is 0.169 e. The minimum atomic E-state index is 0.728. The summed E-state index contributed by atoms with van der Waals surface area (Å²) in [6, 6.07) is 4.81. The normalized spacial score (nSPS) is 15.1. The molecule has 2 heterocycles. The van der Waals surface area contributed by atoms with Crippen molar-refractivity contribution in [1.29, 1.82) is 0 Å². The zero-order chi connectivity index (χ0) is 11.7. The van der Waals surface area contributed by atoms with Crippen LogP contribution in [0.25, 0.3) is 10.7 Å². The van der Waals surface area contributed by atoms with E-state index in [-0.39, 0.29) is 0 Å². The van der Waals surface area contributed by atoms with Gasteiger partial charge in [0, 0.05) is 30.0 Å². The zero-order valence-electron chi connectivity index (χ0n) is 9.81. The first-order valence-electron chi connectivity index (χ1n) is 5.93. The number of nitrogens with one attached hydrogen (secondary N) is 1. The average Bonchev–Trinajstić information content (AvgIpc) is 3.00. The van der Waals surface area contributed by atoms with Crippen molar-refractivity contribution in [2.45, 2.75) is 32.4 Å². The molecular formula is C13H15N3S. The number of hydrogen-bond acceptors (Lipinski definition) is 4. The molecule has 1 saturated carbocycles. The molecule has 0 bridgehead atoms. The van der Waals surface area contributed by atoms with Crippen molar-refractivity contribution >= 4 is 11.3 Å². The lowest BCUT2D eigenvalue weighted by molar-refractivity contribution is 0.680. The first-order chi connectivity index (χ1) is 8.33. The molecule has 1 fully saturated rings. The van der Waals surface area contributed by atoms with Crippen molar-refractivity contribution in [1.82, 2.24) is 15.3 Å². The molecule has 88 valence electrons. The number of rotatable bonds is 4. The molecule has 0 radical (unpaired) electrons. The van der Waals surface area contributed by atoms with Crippen LogP contribution < -0.4 is 5.32 Å². The Labute approximate surface area is 105 Å². The Balaban J connectivity index is 1.78. The van der Waals surface area contributed by atoms with Crippen LogP contribution >= 0.6 is 11.3 Å². The highest BCUT2D eigenvalue weighted by atomic mass is 32.1. The van der Waals surface area contributed by atoms with Crippen LogP contribution in [0.4, 0.5) is 0 Å². The summed E-state index contributed by atoms with van der Waals surface area (Å²) < 4.78 is 0. The van der Waals surface area contributed by atoms with Crippen LogP contribution in [0.5, 0.6) is 0 Å². The lowest BCUT2D eigenvalue weighted by atomic mass is 10.2. The Morgan fingerprint density at radius 2 is 2.35 bits per heavy atom. The standard InChI is InChI=1S/C13H15N3S/c1-9-10(7-14-11-4-5-11)8-15-13(16-9)12-3-2-6-17-12/h2-3,6,8,11,14H,4-5,7H2,1H3. The van der Waals surface area contributed by atoms with E-state index in [0.717, 1.165) is 29.0 Å². The van der Waals surface area contributed by atoms with Crippen molar-refractivity contribution in [3.8, 4) is 10.7 Å². The average molecular weight is 245 g/mol. The van der Waals surface area contributed by atoms with Gasteiger partial charge >= 0.3 is 0 Å². The van der Waals surface area contributed by atoms with Crippen molar-refractivity contribution in [3.63, 3.8) is 0 Å². The summed E-state index contributed by atoms with van der Waals surface area (Å²) >= 11 is 1.68. The third-order valence-corrected chi connectivity index (χ3v) is 3.85. The largest absolute Gasteiger partial charge is 0.310 e. The van der Waals surface area contributed by atoms with Gasteiger partial charge in [-0.1, -0.05) is 6.07 Å². The number of aryl methyl sites for hydroxylation is 1. The highest BCUT2D eigenvalue weighted by molar-refractivity contribution is 7.13. The molecule has 1 aliphatic rings. The van der Waals surface area contributed by atoms with Gasteiger partial charge in [0.1, 0.15) is 0 Å². The Morgan fingerprint density at radius 3 is 3.00 bits per heavy atom. The van der Waals surface area contributed by atoms with Gasteiger partial charge < -0.3 is 5.32 Å². The summed E-state index contributed by atoms with van der Waals surface area (Å²) in [5.74, 6) is 0.840. The summed E-state index contributed by atoms with van der Waals surface area (Å²) in [7, 11) is 0. The second-order valence-electron chi connectivity index (χ2n) is 4.44. The van der Waals surface area contributed by atoms with E-state index in [4.69, 9.17) is 0 Å². The van der Waals surface area contributed by atoms with Gasteiger partial charge in [0.25, 0.3) is 0 Å². The number of hydrogen-bond donors (Lipinski definition) is 1. The summed E-state index contributed by atoms with van der Waals surface area (Å²) in [6.45, 7) is 2.95. The van der Waals surface area contributed by atoms with Crippen molar-refractivity contribution in [3.05, 3.63) is 35.0 Å². The fourth-order valence-electron chi connectivity index (χ4n) is 1.73. The highest BCUT2D eigenvalue weighted by Crippen LogP contribution is 2.22.